The zero-order valence-corrected chi connectivity index (χ0v) is 16.6. The Hall–Kier alpha value is -2.99. The number of nitrogens with zero attached hydrogens (tertiary/aromatic N) is 2. The minimum Gasteiger partial charge on any atom is -0.493 e. The number of carbonyl (C=O) groups is 1. The molecule has 2 aromatic carbocycles. The van der Waals surface area contributed by atoms with Gasteiger partial charge in [0.1, 0.15) is 0 Å². The molecular weight excluding hydrogens is 378 g/mol. The van der Waals surface area contributed by atoms with Crippen LogP contribution in [0.2, 0.25) is 5.02 Å². The van der Waals surface area contributed by atoms with Gasteiger partial charge in [-0.05, 0) is 36.2 Å². The van der Waals surface area contributed by atoms with Gasteiger partial charge < -0.3 is 14.8 Å². The maximum atomic E-state index is 12.5. The number of halogens is 1. The Bertz CT molecular complexity index is 925. The van der Waals surface area contributed by atoms with Crippen molar-refractivity contribution < 1.29 is 14.3 Å². The molecule has 0 fully saturated rings. The second-order valence-corrected chi connectivity index (χ2v) is 6.53. The van der Waals surface area contributed by atoms with Crippen LogP contribution in [0.4, 0.5) is 0 Å². The molecule has 1 aromatic heterocycles. The molecule has 0 radical (unpaired) electrons. The smallest absolute Gasteiger partial charge is 0.251 e. The van der Waals surface area contributed by atoms with E-state index in [1.54, 1.807) is 18.3 Å². The van der Waals surface area contributed by atoms with E-state index in [9.17, 15) is 4.79 Å². The monoisotopic (exact) mass is 399 g/mol. The Kier molecular flexibility index (Phi) is 6.55. The molecule has 3 aromatic rings. The molecular formula is C21H22ClN3O3. The number of hydrogen-bond acceptors (Lipinski definition) is 4. The maximum absolute atomic E-state index is 12.5. The molecule has 0 atom stereocenters. The maximum Gasteiger partial charge on any atom is 0.251 e. The standard InChI is InChI=1S/C21H22ClN3O3/c1-3-28-20-18(22)11-17(12-19(20)27-2)21(26)23-13-15-5-7-16(8-6-15)14-25-10-4-9-24-25/h4-12H,3,13-14H2,1-2H3,(H,23,26). The number of ether oxygens (including phenoxy) is 2. The van der Waals surface area contributed by atoms with Crippen molar-refractivity contribution in [1.29, 1.82) is 0 Å². The zero-order valence-electron chi connectivity index (χ0n) is 15.8. The molecule has 0 aliphatic rings. The summed E-state index contributed by atoms with van der Waals surface area (Å²) in [6.07, 6.45) is 3.68. The normalized spacial score (nSPS) is 10.5. The Morgan fingerprint density at radius 2 is 1.96 bits per heavy atom. The fourth-order valence-corrected chi connectivity index (χ4v) is 3.03. The lowest BCUT2D eigenvalue weighted by Gasteiger charge is -2.13. The number of aromatic nitrogens is 2. The summed E-state index contributed by atoms with van der Waals surface area (Å²) < 4.78 is 12.6. The molecule has 28 heavy (non-hydrogen) atoms. The van der Waals surface area contributed by atoms with E-state index in [0.717, 1.165) is 11.1 Å². The summed E-state index contributed by atoms with van der Waals surface area (Å²) in [5, 5.41) is 7.44. The lowest BCUT2D eigenvalue weighted by atomic mass is 10.1. The highest BCUT2D eigenvalue weighted by Crippen LogP contribution is 2.36. The van der Waals surface area contributed by atoms with Gasteiger partial charge in [0.25, 0.3) is 5.91 Å². The second kappa shape index (κ2) is 9.28. The van der Waals surface area contributed by atoms with Gasteiger partial charge in [-0.15, -0.1) is 0 Å². The Labute approximate surface area is 169 Å². The van der Waals surface area contributed by atoms with Gasteiger partial charge in [0.05, 0.1) is 25.3 Å². The van der Waals surface area contributed by atoms with Crippen LogP contribution in [-0.2, 0) is 13.1 Å². The first kappa shape index (κ1) is 19.8. The molecule has 0 unspecified atom stereocenters. The molecule has 3 rings (SSSR count). The molecule has 1 amide bonds. The molecule has 0 saturated carbocycles. The van der Waals surface area contributed by atoms with Crippen LogP contribution < -0.4 is 14.8 Å². The van der Waals surface area contributed by atoms with Crippen LogP contribution in [0.3, 0.4) is 0 Å². The summed E-state index contributed by atoms with van der Waals surface area (Å²) in [7, 11) is 1.51. The number of benzene rings is 2. The average Bonchev–Trinajstić information content (AvgIpc) is 3.21. The predicted octanol–water partition coefficient (Wildman–Crippen LogP) is 3.92. The van der Waals surface area contributed by atoms with E-state index in [-0.39, 0.29) is 5.91 Å². The number of hydrogen-bond donors (Lipinski definition) is 1. The van der Waals surface area contributed by atoms with Crippen molar-refractivity contribution in [2.24, 2.45) is 0 Å². The fourth-order valence-electron chi connectivity index (χ4n) is 2.76. The molecule has 1 heterocycles. The van der Waals surface area contributed by atoms with Crippen molar-refractivity contribution in [2.45, 2.75) is 20.0 Å². The third kappa shape index (κ3) is 4.84. The van der Waals surface area contributed by atoms with Crippen LogP contribution >= 0.6 is 11.6 Å². The van der Waals surface area contributed by atoms with Gasteiger partial charge in [0, 0.05) is 24.5 Å². The highest BCUT2D eigenvalue weighted by Gasteiger charge is 2.15. The summed E-state index contributed by atoms with van der Waals surface area (Å²) in [4.78, 5) is 12.5. The predicted molar refractivity (Wildman–Crippen MR) is 108 cm³/mol. The van der Waals surface area contributed by atoms with E-state index in [2.05, 4.69) is 10.4 Å². The van der Waals surface area contributed by atoms with Gasteiger partial charge in [-0.25, -0.2) is 0 Å². The number of amides is 1. The Morgan fingerprint density at radius 1 is 1.21 bits per heavy atom. The van der Waals surface area contributed by atoms with Crippen LogP contribution in [0.15, 0.2) is 54.9 Å². The third-order valence-corrected chi connectivity index (χ3v) is 4.44. The third-order valence-electron chi connectivity index (χ3n) is 4.16. The first-order valence-corrected chi connectivity index (χ1v) is 9.32. The second-order valence-electron chi connectivity index (χ2n) is 6.13. The van der Waals surface area contributed by atoms with E-state index >= 15 is 0 Å². The van der Waals surface area contributed by atoms with Gasteiger partial charge in [-0.2, -0.15) is 5.10 Å². The van der Waals surface area contributed by atoms with Crippen LogP contribution in [-0.4, -0.2) is 29.4 Å². The van der Waals surface area contributed by atoms with Gasteiger partial charge in [0.2, 0.25) is 0 Å². The van der Waals surface area contributed by atoms with E-state index in [1.807, 2.05) is 48.1 Å². The van der Waals surface area contributed by atoms with E-state index in [4.69, 9.17) is 21.1 Å². The molecule has 6 nitrogen and oxygen atoms in total. The van der Waals surface area contributed by atoms with E-state index in [0.29, 0.717) is 41.8 Å². The lowest BCUT2D eigenvalue weighted by Crippen LogP contribution is -2.23. The van der Waals surface area contributed by atoms with Crippen molar-refractivity contribution in [1.82, 2.24) is 15.1 Å². The largest absolute Gasteiger partial charge is 0.493 e. The number of methoxy groups -OCH3 is 1. The highest BCUT2D eigenvalue weighted by molar-refractivity contribution is 6.32. The van der Waals surface area contributed by atoms with Crippen molar-refractivity contribution in [3.8, 4) is 11.5 Å². The van der Waals surface area contributed by atoms with E-state index in [1.165, 1.54) is 7.11 Å². The molecule has 0 saturated heterocycles. The molecule has 7 heteroatoms. The van der Waals surface area contributed by atoms with Crippen molar-refractivity contribution >= 4 is 17.5 Å². The number of carbonyl (C=O) groups excluding carboxylic acids is 1. The minimum atomic E-state index is -0.233. The molecule has 0 spiro atoms. The molecule has 146 valence electrons. The zero-order chi connectivity index (χ0) is 19.9. The first-order valence-electron chi connectivity index (χ1n) is 8.94. The topological polar surface area (TPSA) is 65.4 Å². The SMILES string of the molecule is CCOc1c(Cl)cc(C(=O)NCc2ccc(Cn3cccn3)cc2)cc1OC. The summed E-state index contributed by atoms with van der Waals surface area (Å²) in [6, 6.07) is 13.1. The summed E-state index contributed by atoms with van der Waals surface area (Å²) in [5.74, 6) is 0.641. The summed E-state index contributed by atoms with van der Waals surface area (Å²) in [5.41, 5.74) is 2.56. The van der Waals surface area contributed by atoms with Crippen molar-refractivity contribution in [2.75, 3.05) is 13.7 Å². The van der Waals surface area contributed by atoms with Crippen LogP contribution in [0.1, 0.15) is 28.4 Å². The number of rotatable bonds is 8. The van der Waals surface area contributed by atoms with Crippen molar-refractivity contribution in [3.05, 3.63) is 76.6 Å². The van der Waals surface area contributed by atoms with Crippen LogP contribution in [0.25, 0.3) is 0 Å². The average molecular weight is 400 g/mol. The highest BCUT2D eigenvalue weighted by atomic mass is 35.5. The molecule has 0 aliphatic carbocycles. The summed E-state index contributed by atoms with van der Waals surface area (Å²) >= 11 is 6.24. The molecule has 0 bridgehead atoms. The quantitative estimate of drug-likeness (QED) is 0.623. The first-order chi connectivity index (χ1) is 13.6. The number of nitrogens with one attached hydrogen (secondary N) is 1. The van der Waals surface area contributed by atoms with Crippen LogP contribution in [0, 0.1) is 0 Å². The van der Waals surface area contributed by atoms with E-state index < -0.39 is 0 Å². The Balaban J connectivity index is 1.63. The van der Waals surface area contributed by atoms with Crippen LogP contribution in [0.5, 0.6) is 11.5 Å². The lowest BCUT2D eigenvalue weighted by molar-refractivity contribution is 0.0950. The summed E-state index contributed by atoms with van der Waals surface area (Å²) in [6.45, 7) is 3.44. The minimum absolute atomic E-state index is 0.233. The van der Waals surface area contributed by atoms with Crippen molar-refractivity contribution in [3.63, 3.8) is 0 Å². The Morgan fingerprint density at radius 3 is 2.61 bits per heavy atom. The van der Waals surface area contributed by atoms with Gasteiger partial charge in [-0.1, -0.05) is 35.9 Å². The molecule has 0 aliphatic heterocycles. The van der Waals surface area contributed by atoms with Gasteiger partial charge >= 0.3 is 0 Å². The van der Waals surface area contributed by atoms with Gasteiger partial charge in [0.15, 0.2) is 11.5 Å². The van der Waals surface area contributed by atoms with Gasteiger partial charge in [-0.3, -0.25) is 9.48 Å². The fraction of sp³-hybridized carbons (Fsp3) is 0.238. The molecule has 1 N–H and O–H groups in total.